The molecule has 160 valence electrons. The number of pyridine rings is 1. The van der Waals surface area contributed by atoms with Crippen LogP contribution in [0.15, 0.2) is 48.8 Å². The Morgan fingerprint density at radius 3 is 2.37 bits per heavy atom. The van der Waals surface area contributed by atoms with E-state index in [1.54, 1.807) is 0 Å². The molecule has 1 aromatic heterocycles. The first-order valence-corrected chi connectivity index (χ1v) is 11.2. The molecular weight excluding hydrogens is 374 g/mol. The van der Waals surface area contributed by atoms with Crippen molar-refractivity contribution in [2.24, 2.45) is 11.3 Å². The van der Waals surface area contributed by atoms with E-state index in [-0.39, 0.29) is 11.3 Å². The highest BCUT2D eigenvalue weighted by molar-refractivity contribution is 5.83. The molecule has 2 aliphatic rings. The molecule has 2 aromatic rings. The zero-order chi connectivity index (χ0) is 20.8. The largest absolute Gasteiger partial charge is 0.381 e. The zero-order valence-electron chi connectivity index (χ0n) is 18.0. The molecule has 3 heterocycles. The van der Waals surface area contributed by atoms with Crippen LogP contribution < -0.4 is 5.32 Å². The second kappa shape index (κ2) is 9.71. The van der Waals surface area contributed by atoms with Gasteiger partial charge in [-0.05, 0) is 87.0 Å². The van der Waals surface area contributed by atoms with Crippen molar-refractivity contribution in [2.75, 3.05) is 39.9 Å². The Morgan fingerprint density at radius 1 is 1.07 bits per heavy atom. The van der Waals surface area contributed by atoms with Gasteiger partial charge >= 0.3 is 0 Å². The van der Waals surface area contributed by atoms with Gasteiger partial charge in [-0.25, -0.2) is 0 Å². The van der Waals surface area contributed by atoms with Crippen molar-refractivity contribution in [3.8, 4) is 11.1 Å². The number of carbonyl (C=O) groups excluding carboxylic acids is 1. The maximum Gasteiger partial charge on any atom is 0.226 e. The Morgan fingerprint density at radius 2 is 1.70 bits per heavy atom. The number of ether oxygens (including phenoxy) is 1. The van der Waals surface area contributed by atoms with Crippen molar-refractivity contribution >= 4 is 5.91 Å². The summed E-state index contributed by atoms with van der Waals surface area (Å²) in [6.07, 6.45) is 8.32. The number of likely N-dealkylation sites (tertiary alicyclic amines) is 1. The van der Waals surface area contributed by atoms with Crippen LogP contribution in [0.2, 0.25) is 0 Å². The van der Waals surface area contributed by atoms with Crippen molar-refractivity contribution in [3.05, 3.63) is 54.4 Å². The smallest absolute Gasteiger partial charge is 0.226 e. The summed E-state index contributed by atoms with van der Waals surface area (Å²) < 4.78 is 5.60. The van der Waals surface area contributed by atoms with Crippen LogP contribution in [0, 0.1) is 11.3 Å². The molecule has 2 fully saturated rings. The van der Waals surface area contributed by atoms with Crippen LogP contribution in [0.1, 0.15) is 31.2 Å². The van der Waals surface area contributed by atoms with E-state index in [1.807, 2.05) is 24.5 Å². The van der Waals surface area contributed by atoms with Crippen LogP contribution in [-0.2, 0) is 16.0 Å². The van der Waals surface area contributed by atoms with Gasteiger partial charge in [0.1, 0.15) is 0 Å². The molecule has 0 saturated carbocycles. The highest BCUT2D eigenvalue weighted by Gasteiger charge is 2.40. The van der Waals surface area contributed by atoms with E-state index in [4.69, 9.17) is 4.74 Å². The summed E-state index contributed by atoms with van der Waals surface area (Å²) in [6.45, 7) is 4.39. The number of hydrogen-bond acceptors (Lipinski definition) is 4. The molecule has 5 nitrogen and oxygen atoms in total. The Kier molecular flexibility index (Phi) is 6.80. The second-order valence-electron chi connectivity index (χ2n) is 8.96. The number of nitrogens with one attached hydrogen (secondary N) is 1. The predicted octanol–water partition coefficient (Wildman–Crippen LogP) is 3.55. The van der Waals surface area contributed by atoms with Crippen LogP contribution in [0.5, 0.6) is 0 Å². The Labute approximate surface area is 179 Å². The van der Waals surface area contributed by atoms with Crippen LogP contribution in [0.25, 0.3) is 11.1 Å². The van der Waals surface area contributed by atoms with Crippen molar-refractivity contribution in [3.63, 3.8) is 0 Å². The maximum absolute atomic E-state index is 13.3. The lowest BCUT2D eigenvalue weighted by molar-refractivity contribution is -0.137. The molecule has 1 N–H and O–H groups in total. The second-order valence-corrected chi connectivity index (χ2v) is 8.96. The number of benzene rings is 1. The molecule has 4 rings (SSSR count). The third-order valence-corrected chi connectivity index (χ3v) is 6.83. The summed E-state index contributed by atoms with van der Waals surface area (Å²) in [4.78, 5) is 19.8. The van der Waals surface area contributed by atoms with Gasteiger partial charge in [0.05, 0.1) is 5.41 Å². The fourth-order valence-corrected chi connectivity index (χ4v) is 4.69. The fraction of sp³-hybridized carbons (Fsp3) is 0.520. The van der Waals surface area contributed by atoms with E-state index < -0.39 is 0 Å². The first kappa shape index (κ1) is 21.0. The van der Waals surface area contributed by atoms with Gasteiger partial charge < -0.3 is 15.0 Å². The lowest BCUT2D eigenvalue weighted by Gasteiger charge is -2.37. The molecule has 2 aliphatic heterocycles. The first-order valence-electron chi connectivity index (χ1n) is 11.2. The van der Waals surface area contributed by atoms with Gasteiger partial charge in [0.15, 0.2) is 0 Å². The zero-order valence-corrected chi connectivity index (χ0v) is 18.0. The molecule has 1 amide bonds. The van der Waals surface area contributed by atoms with Gasteiger partial charge in [0.2, 0.25) is 5.91 Å². The Bertz CT molecular complexity index is 808. The molecule has 0 spiro atoms. The van der Waals surface area contributed by atoms with Crippen LogP contribution in [0.4, 0.5) is 0 Å². The molecule has 0 radical (unpaired) electrons. The van der Waals surface area contributed by atoms with E-state index in [0.29, 0.717) is 19.1 Å². The van der Waals surface area contributed by atoms with Crippen LogP contribution in [-0.4, -0.2) is 55.7 Å². The van der Waals surface area contributed by atoms with E-state index in [0.717, 1.165) is 44.5 Å². The minimum atomic E-state index is -0.359. The number of amides is 1. The number of piperidine rings is 1. The van der Waals surface area contributed by atoms with Crippen molar-refractivity contribution < 1.29 is 9.53 Å². The normalized spacial score (nSPS) is 20.0. The number of hydrogen-bond donors (Lipinski definition) is 1. The molecule has 0 atom stereocenters. The summed E-state index contributed by atoms with van der Waals surface area (Å²) in [6, 6.07) is 12.7. The SMILES string of the molecule is CN1CCC(CNC(=O)C2(Cc3ccc(-c4ccncc4)cc3)CCOCC2)CC1. The standard InChI is InChI=1S/C25H33N3O2/c1-28-14-8-21(9-15-28)19-27-24(29)25(10-16-30-17-11-25)18-20-2-4-22(5-3-20)23-6-12-26-13-7-23/h2-7,12-13,21H,8-11,14-19H2,1H3,(H,27,29). The summed E-state index contributed by atoms with van der Waals surface area (Å²) in [5, 5.41) is 3.32. The van der Waals surface area contributed by atoms with Gasteiger partial charge in [-0.3, -0.25) is 9.78 Å². The summed E-state index contributed by atoms with van der Waals surface area (Å²) in [5.41, 5.74) is 3.19. The minimum absolute atomic E-state index is 0.211. The molecule has 0 unspecified atom stereocenters. The highest BCUT2D eigenvalue weighted by Crippen LogP contribution is 2.35. The Hall–Kier alpha value is -2.24. The van der Waals surface area contributed by atoms with Gasteiger partial charge in [-0.2, -0.15) is 0 Å². The first-order chi connectivity index (χ1) is 14.6. The third-order valence-electron chi connectivity index (χ3n) is 6.83. The monoisotopic (exact) mass is 407 g/mol. The quantitative estimate of drug-likeness (QED) is 0.796. The van der Waals surface area contributed by atoms with E-state index in [2.05, 4.69) is 46.5 Å². The molecule has 2 saturated heterocycles. The topological polar surface area (TPSA) is 54.5 Å². The molecule has 1 aromatic carbocycles. The van der Waals surface area contributed by atoms with E-state index in [1.165, 1.54) is 24.0 Å². The van der Waals surface area contributed by atoms with Crippen molar-refractivity contribution in [1.29, 1.82) is 0 Å². The number of aromatic nitrogens is 1. The van der Waals surface area contributed by atoms with Crippen molar-refractivity contribution in [2.45, 2.75) is 32.1 Å². The maximum atomic E-state index is 13.3. The summed E-state index contributed by atoms with van der Waals surface area (Å²) >= 11 is 0. The lowest BCUT2D eigenvalue weighted by Crippen LogP contribution is -2.48. The average molecular weight is 408 g/mol. The third kappa shape index (κ3) is 5.08. The predicted molar refractivity (Wildman–Crippen MR) is 119 cm³/mol. The fourth-order valence-electron chi connectivity index (χ4n) is 4.69. The van der Waals surface area contributed by atoms with Gasteiger partial charge in [-0.1, -0.05) is 24.3 Å². The molecule has 0 aliphatic carbocycles. The van der Waals surface area contributed by atoms with Gasteiger partial charge in [0, 0.05) is 32.2 Å². The van der Waals surface area contributed by atoms with Crippen LogP contribution >= 0.6 is 0 Å². The minimum Gasteiger partial charge on any atom is -0.381 e. The number of carbonyl (C=O) groups is 1. The molecule has 30 heavy (non-hydrogen) atoms. The summed E-state index contributed by atoms with van der Waals surface area (Å²) in [5.74, 6) is 0.810. The summed E-state index contributed by atoms with van der Waals surface area (Å²) in [7, 11) is 2.17. The number of rotatable bonds is 6. The lowest BCUT2D eigenvalue weighted by atomic mass is 9.74. The van der Waals surface area contributed by atoms with Gasteiger partial charge in [0.25, 0.3) is 0 Å². The molecular formula is C25H33N3O2. The van der Waals surface area contributed by atoms with E-state index in [9.17, 15) is 4.79 Å². The molecule has 5 heteroatoms. The van der Waals surface area contributed by atoms with Crippen molar-refractivity contribution in [1.82, 2.24) is 15.2 Å². The average Bonchev–Trinajstić information content (AvgIpc) is 2.80. The number of nitrogens with zero attached hydrogens (tertiary/aromatic N) is 2. The Balaban J connectivity index is 1.42. The van der Waals surface area contributed by atoms with E-state index >= 15 is 0 Å². The van der Waals surface area contributed by atoms with Gasteiger partial charge in [-0.15, -0.1) is 0 Å². The van der Waals surface area contributed by atoms with Crippen LogP contribution in [0.3, 0.4) is 0 Å². The highest BCUT2D eigenvalue weighted by atomic mass is 16.5. The molecule has 0 bridgehead atoms.